The maximum atomic E-state index is 11.9. The standard InChI is InChI=1S/C8H7Br2F2NO/c9-6-2-5(14-8(11)12)1-4(3-13)7(6)10/h1-2,8H,3,13H2. The first-order valence-corrected chi connectivity index (χ1v) is 5.26. The lowest BCUT2D eigenvalue weighted by Gasteiger charge is -2.09. The molecule has 1 rings (SSSR count). The summed E-state index contributed by atoms with van der Waals surface area (Å²) in [5.41, 5.74) is 6.13. The molecule has 0 amide bonds. The Bertz CT molecular complexity index is 333. The van der Waals surface area contributed by atoms with Crippen LogP contribution in [0.1, 0.15) is 5.56 Å². The highest BCUT2D eigenvalue weighted by Crippen LogP contribution is 2.31. The van der Waals surface area contributed by atoms with Gasteiger partial charge < -0.3 is 10.5 Å². The van der Waals surface area contributed by atoms with Gasteiger partial charge in [-0.15, -0.1) is 0 Å². The third-order valence-electron chi connectivity index (χ3n) is 1.52. The molecule has 0 aliphatic carbocycles. The average molecular weight is 331 g/mol. The van der Waals surface area contributed by atoms with E-state index in [0.29, 0.717) is 10.0 Å². The van der Waals surface area contributed by atoms with Crippen LogP contribution in [0.2, 0.25) is 0 Å². The molecule has 2 N–H and O–H groups in total. The molecule has 0 spiro atoms. The number of benzene rings is 1. The molecule has 6 heteroatoms. The highest BCUT2D eigenvalue weighted by atomic mass is 79.9. The minimum absolute atomic E-state index is 0.0931. The van der Waals surface area contributed by atoms with E-state index in [-0.39, 0.29) is 12.3 Å². The number of rotatable bonds is 3. The van der Waals surface area contributed by atoms with E-state index in [2.05, 4.69) is 36.6 Å². The van der Waals surface area contributed by atoms with Gasteiger partial charge in [-0.05, 0) is 49.6 Å². The molecule has 0 saturated heterocycles. The molecule has 14 heavy (non-hydrogen) atoms. The van der Waals surface area contributed by atoms with Crippen LogP contribution in [0.25, 0.3) is 0 Å². The number of hydrogen-bond donors (Lipinski definition) is 1. The number of nitrogens with two attached hydrogens (primary N) is 1. The van der Waals surface area contributed by atoms with Crippen molar-refractivity contribution in [3.8, 4) is 5.75 Å². The van der Waals surface area contributed by atoms with Crippen molar-refractivity contribution in [3.05, 3.63) is 26.6 Å². The highest BCUT2D eigenvalue weighted by molar-refractivity contribution is 9.13. The van der Waals surface area contributed by atoms with E-state index in [1.54, 1.807) is 0 Å². The van der Waals surface area contributed by atoms with Gasteiger partial charge in [0, 0.05) is 15.5 Å². The Morgan fingerprint density at radius 1 is 1.36 bits per heavy atom. The molecule has 0 radical (unpaired) electrons. The molecular weight excluding hydrogens is 324 g/mol. The summed E-state index contributed by atoms with van der Waals surface area (Å²) in [6.45, 7) is -2.58. The third kappa shape index (κ3) is 2.90. The SMILES string of the molecule is NCc1cc(OC(F)F)cc(Br)c1Br. The molecule has 0 unspecified atom stereocenters. The summed E-state index contributed by atoms with van der Waals surface area (Å²) in [7, 11) is 0. The molecule has 0 fully saturated rings. The quantitative estimate of drug-likeness (QED) is 0.923. The Hall–Kier alpha value is -0.200. The largest absolute Gasteiger partial charge is 0.435 e. The van der Waals surface area contributed by atoms with Gasteiger partial charge in [0.25, 0.3) is 0 Å². The van der Waals surface area contributed by atoms with Crippen LogP contribution in [0.4, 0.5) is 8.78 Å². The van der Waals surface area contributed by atoms with Crippen molar-refractivity contribution in [1.29, 1.82) is 0 Å². The minimum atomic E-state index is -2.83. The number of ether oxygens (including phenoxy) is 1. The molecule has 0 aromatic heterocycles. The first-order valence-electron chi connectivity index (χ1n) is 3.67. The molecule has 1 aromatic carbocycles. The fourth-order valence-corrected chi connectivity index (χ4v) is 1.81. The zero-order valence-corrected chi connectivity index (χ0v) is 10.1. The summed E-state index contributed by atoms with van der Waals surface area (Å²) in [5.74, 6) is 0.0931. The van der Waals surface area contributed by atoms with Crippen LogP contribution in [-0.4, -0.2) is 6.61 Å². The minimum Gasteiger partial charge on any atom is -0.435 e. The monoisotopic (exact) mass is 329 g/mol. The molecule has 0 heterocycles. The average Bonchev–Trinajstić information content (AvgIpc) is 2.10. The molecule has 2 nitrogen and oxygen atoms in total. The van der Waals surface area contributed by atoms with Gasteiger partial charge in [0.1, 0.15) is 5.75 Å². The molecule has 1 aromatic rings. The highest BCUT2D eigenvalue weighted by Gasteiger charge is 2.09. The topological polar surface area (TPSA) is 35.2 Å². The van der Waals surface area contributed by atoms with Crippen molar-refractivity contribution in [2.75, 3.05) is 0 Å². The fraction of sp³-hybridized carbons (Fsp3) is 0.250. The van der Waals surface area contributed by atoms with Crippen molar-refractivity contribution in [2.24, 2.45) is 5.73 Å². The molecule has 0 aliphatic heterocycles. The van der Waals surface area contributed by atoms with E-state index in [1.165, 1.54) is 12.1 Å². The molecule has 0 aliphatic rings. The van der Waals surface area contributed by atoms with Crippen molar-refractivity contribution < 1.29 is 13.5 Å². The van der Waals surface area contributed by atoms with Crippen LogP contribution in [0, 0.1) is 0 Å². The van der Waals surface area contributed by atoms with Gasteiger partial charge in [-0.3, -0.25) is 0 Å². The fourth-order valence-electron chi connectivity index (χ4n) is 0.938. The maximum Gasteiger partial charge on any atom is 0.387 e. The summed E-state index contributed by atoms with van der Waals surface area (Å²) in [6, 6.07) is 2.93. The third-order valence-corrected chi connectivity index (χ3v) is 3.62. The molecule has 0 bridgehead atoms. The number of alkyl halides is 2. The summed E-state index contributed by atoms with van der Waals surface area (Å²) < 4.78 is 29.5. The second-order valence-electron chi connectivity index (χ2n) is 2.46. The van der Waals surface area contributed by atoms with Crippen LogP contribution in [0.15, 0.2) is 21.1 Å². The summed E-state index contributed by atoms with van der Waals surface area (Å²) in [4.78, 5) is 0. The van der Waals surface area contributed by atoms with E-state index in [1.807, 2.05) is 0 Å². The molecular formula is C8H7Br2F2NO. The summed E-state index contributed by atoms with van der Waals surface area (Å²) in [6.07, 6.45) is 0. The molecule has 0 atom stereocenters. The Morgan fingerprint density at radius 3 is 2.50 bits per heavy atom. The zero-order valence-electron chi connectivity index (χ0n) is 6.94. The Morgan fingerprint density at radius 2 is 2.00 bits per heavy atom. The van der Waals surface area contributed by atoms with E-state index < -0.39 is 6.61 Å². The summed E-state index contributed by atoms with van der Waals surface area (Å²) in [5, 5.41) is 0. The first-order chi connectivity index (χ1) is 6.54. The molecule has 78 valence electrons. The summed E-state index contributed by atoms with van der Waals surface area (Å²) >= 11 is 6.47. The van der Waals surface area contributed by atoms with Gasteiger partial charge in [-0.1, -0.05) is 0 Å². The van der Waals surface area contributed by atoms with Gasteiger partial charge >= 0.3 is 6.61 Å². The van der Waals surface area contributed by atoms with Crippen LogP contribution in [0.3, 0.4) is 0 Å². The van der Waals surface area contributed by atoms with Crippen molar-refractivity contribution in [3.63, 3.8) is 0 Å². The number of hydrogen-bond acceptors (Lipinski definition) is 2. The van der Waals surface area contributed by atoms with E-state index in [4.69, 9.17) is 5.73 Å². The lowest BCUT2D eigenvalue weighted by Crippen LogP contribution is -2.04. The first kappa shape index (κ1) is 11.9. The maximum absolute atomic E-state index is 11.9. The van der Waals surface area contributed by atoms with Crippen molar-refractivity contribution in [2.45, 2.75) is 13.2 Å². The Labute approximate surface area is 96.7 Å². The van der Waals surface area contributed by atoms with Gasteiger partial charge in [0.2, 0.25) is 0 Å². The van der Waals surface area contributed by atoms with Crippen molar-refractivity contribution in [1.82, 2.24) is 0 Å². The van der Waals surface area contributed by atoms with Crippen LogP contribution >= 0.6 is 31.9 Å². The number of halogens is 4. The van der Waals surface area contributed by atoms with Crippen LogP contribution < -0.4 is 10.5 Å². The van der Waals surface area contributed by atoms with Gasteiger partial charge in [-0.25, -0.2) is 0 Å². The van der Waals surface area contributed by atoms with E-state index >= 15 is 0 Å². The molecule has 0 saturated carbocycles. The lowest BCUT2D eigenvalue weighted by atomic mass is 10.2. The Balaban J connectivity index is 3.03. The Kier molecular flexibility index (Phi) is 4.28. The predicted molar refractivity (Wildman–Crippen MR) is 56.4 cm³/mol. The van der Waals surface area contributed by atoms with Crippen LogP contribution in [-0.2, 0) is 6.54 Å². The van der Waals surface area contributed by atoms with Gasteiger partial charge in [0.05, 0.1) is 0 Å². The van der Waals surface area contributed by atoms with E-state index in [9.17, 15) is 8.78 Å². The van der Waals surface area contributed by atoms with Crippen molar-refractivity contribution >= 4 is 31.9 Å². The zero-order chi connectivity index (χ0) is 10.7. The second-order valence-corrected chi connectivity index (χ2v) is 4.11. The lowest BCUT2D eigenvalue weighted by molar-refractivity contribution is -0.0499. The van der Waals surface area contributed by atoms with E-state index in [0.717, 1.165) is 4.47 Å². The normalized spacial score (nSPS) is 10.7. The smallest absolute Gasteiger partial charge is 0.387 e. The van der Waals surface area contributed by atoms with Gasteiger partial charge in [-0.2, -0.15) is 8.78 Å². The predicted octanol–water partition coefficient (Wildman–Crippen LogP) is 3.27. The van der Waals surface area contributed by atoms with Crippen LogP contribution in [0.5, 0.6) is 5.75 Å². The van der Waals surface area contributed by atoms with Gasteiger partial charge in [0.15, 0.2) is 0 Å². The second kappa shape index (κ2) is 5.04.